The van der Waals surface area contributed by atoms with Crippen LogP contribution < -0.4 is 10.1 Å². The lowest BCUT2D eigenvalue weighted by Crippen LogP contribution is -2.35. The number of anilines is 1. The number of fused-ring (bicyclic) bond motifs is 1. The van der Waals surface area contributed by atoms with Gasteiger partial charge in [-0.2, -0.15) is 0 Å². The Morgan fingerprint density at radius 2 is 2.19 bits per heavy atom. The predicted octanol–water partition coefficient (Wildman–Crippen LogP) is 2.37. The number of ether oxygens (including phenoxy) is 1. The Morgan fingerprint density at radius 3 is 2.81 bits per heavy atom. The molecule has 1 aliphatic heterocycles. The van der Waals surface area contributed by atoms with Gasteiger partial charge in [-0.25, -0.2) is 0 Å². The zero-order chi connectivity index (χ0) is 11.9. The number of nitrogens with one attached hydrogen (secondary N) is 1. The van der Waals surface area contributed by atoms with Gasteiger partial charge in [-0.15, -0.1) is 0 Å². The Morgan fingerprint density at radius 1 is 1.50 bits per heavy atom. The van der Waals surface area contributed by atoms with Crippen LogP contribution in [0.4, 0.5) is 5.69 Å². The Kier molecular flexibility index (Phi) is 2.71. The van der Waals surface area contributed by atoms with E-state index < -0.39 is 6.10 Å². The first-order valence-electron chi connectivity index (χ1n) is 4.81. The molecule has 4 nitrogen and oxygen atoms in total. The van der Waals surface area contributed by atoms with Crippen LogP contribution in [0.3, 0.4) is 0 Å². The first-order chi connectivity index (χ1) is 7.49. The summed E-state index contributed by atoms with van der Waals surface area (Å²) in [7, 11) is 0. The lowest BCUT2D eigenvalue weighted by molar-refractivity contribution is -0.122. The van der Waals surface area contributed by atoms with E-state index in [1.165, 1.54) is 6.92 Å². The third-order valence-corrected chi connectivity index (χ3v) is 2.81. The smallest absolute Gasteiger partial charge is 0.265 e. The number of rotatable bonds is 1. The number of halogens is 1. The molecule has 0 aliphatic carbocycles. The maximum atomic E-state index is 11.4. The van der Waals surface area contributed by atoms with Crippen LogP contribution in [0, 0.1) is 0 Å². The fourth-order valence-corrected chi connectivity index (χ4v) is 2.00. The normalized spacial score (nSPS) is 18.4. The van der Waals surface area contributed by atoms with Crippen molar-refractivity contribution in [1.29, 1.82) is 0 Å². The quantitative estimate of drug-likeness (QED) is 0.805. The molecule has 2 rings (SSSR count). The number of hydrogen-bond acceptors (Lipinski definition) is 3. The summed E-state index contributed by atoms with van der Waals surface area (Å²) < 4.78 is 6.17. The predicted molar refractivity (Wildman–Crippen MR) is 62.9 cm³/mol. The van der Waals surface area contributed by atoms with E-state index in [0.29, 0.717) is 17.0 Å². The van der Waals surface area contributed by atoms with E-state index in [9.17, 15) is 9.59 Å². The van der Waals surface area contributed by atoms with Gasteiger partial charge in [-0.3, -0.25) is 9.59 Å². The van der Waals surface area contributed by atoms with Crippen LogP contribution in [0.1, 0.15) is 24.2 Å². The van der Waals surface area contributed by atoms with E-state index in [1.54, 1.807) is 19.1 Å². The molecule has 0 aromatic heterocycles. The summed E-state index contributed by atoms with van der Waals surface area (Å²) in [6.45, 7) is 3.11. The molecule has 0 saturated heterocycles. The minimum Gasteiger partial charge on any atom is -0.478 e. The molecule has 0 saturated carbocycles. The molecule has 84 valence electrons. The molecule has 1 N–H and O–H groups in total. The SMILES string of the molecule is CC(=O)c1cc(Br)cc2c1OC(C)C(=O)N2. The summed E-state index contributed by atoms with van der Waals surface area (Å²) in [5, 5.41) is 2.70. The van der Waals surface area contributed by atoms with Gasteiger partial charge in [0.25, 0.3) is 5.91 Å². The monoisotopic (exact) mass is 283 g/mol. The summed E-state index contributed by atoms with van der Waals surface area (Å²) in [4.78, 5) is 22.9. The van der Waals surface area contributed by atoms with Gasteiger partial charge >= 0.3 is 0 Å². The van der Waals surface area contributed by atoms with Crippen LogP contribution >= 0.6 is 15.9 Å². The number of Topliss-reactive ketones (excluding diaryl/α,β-unsaturated/α-hetero) is 1. The van der Waals surface area contributed by atoms with Crippen molar-refractivity contribution in [2.45, 2.75) is 20.0 Å². The van der Waals surface area contributed by atoms with Crippen LogP contribution in [0.5, 0.6) is 5.75 Å². The highest BCUT2D eigenvalue weighted by atomic mass is 79.9. The molecule has 1 aromatic rings. The number of carbonyl (C=O) groups is 2. The fraction of sp³-hybridized carbons (Fsp3) is 0.273. The van der Waals surface area contributed by atoms with Crippen molar-refractivity contribution in [3.05, 3.63) is 22.2 Å². The van der Waals surface area contributed by atoms with Crippen LogP contribution in [-0.4, -0.2) is 17.8 Å². The van der Waals surface area contributed by atoms with Gasteiger partial charge in [0.05, 0.1) is 11.3 Å². The van der Waals surface area contributed by atoms with Crippen LogP contribution in [0.25, 0.3) is 0 Å². The van der Waals surface area contributed by atoms with E-state index in [4.69, 9.17) is 4.74 Å². The Balaban J connectivity index is 2.59. The Bertz CT molecular complexity index is 484. The van der Waals surface area contributed by atoms with Crippen LogP contribution in [0.15, 0.2) is 16.6 Å². The maximum Gasteiger partial charge on any atom is 0.265 e. The Hall–Kier alpha value is -1.36. The average Bonchev–Trinajstić information content (AvgIpc) is 2.19. The molecular formula is C11H10BrNO3. The van der Waals surface area contributed by atoms with E-state index in [0.717, 1.165) is 4.47 Å². The molecule has 0 fully saturated rings. The molecule has 1 amide bonds. The van der Waals surface area contributed by atoms with Gasteiger partial charge in [0, 0.05) is 4.47 Å². The largest absolute Gasteiger partial charge is 0.478 e. The molecule has 5 heteroatoms. The average molecular weight is 284 g/mol. The molecule has 0 bridgehead atoms. The third-order valence-electron chi connectivity index (χ3n) is 2.35. The van der Waals surface area contributed by atoms with E-state index >= 15 is 0 Å². The van der Waals surface area contributed by atoms with Gasteiger partial charge in [-0.05, 0) is 26.0 Å². The van der Waals surface area contributed by atoms with E-state index in [-0.39, 0.29) is 11.7 Å². The lowest BCUT2D eigenvalue weighted by Gasteiger charge is -2.25. The number of carbonyl (C=O) groups excluding carboxylic acids is 2. The van der Waals surface area contributed by atoms with Gasteiger partial charge in [-0.1, -0.05) is 15.9 Å². The van der Waals surface area contributed by atoms with Gasteiger partial charge in [0.15, 0.2) is 17.6 Å². The molecule has 16 heavy (non-hydrogen) atoms. The number of amides is 1. The van der Waals surface area contributed by atoms with Gasteiger partial charge < -0.3 is 10.1 Å². The molecule has 0 radical (unpaired) electrons. The highest BCUT2D eigenvalue weighted by molar-refractivity contribution is 9.10. The van der Waals surface area contributed by atoms with Crippen LogP contribution in [0.2, 0.25) is 0 Å². The van der Waals surface area contributed by atoms with Crippen LogP contribution in [-0.2, 0) is 4.79 Å². The van der Waals surface area contributed by atoms with Crippen molar-refractivity contribution in [1.82, 2.24) is 0 Å². The second-order valence-electron chi connectivity index (χ2n) is 3.64. The summed E-state index contributed by atoms with van der Waals surface area (Å²) in [5.74, 6) is 0.142. The second-order valence-corrected chi connectivity index (χ2v) is 4.55. The van der Waals surface area contributed by atoms with Crippen molar-refractivity contribution in [3.8, 4) is 5.75 Å². The zero-order valence-corrected chi connectivity index (χ0v) is 10.4. The summed E-state index contributed by atoms with van der Waals surface area (Å²) in [5.41, 5.74) is 0.999. The van der Waals surface area contributed by atoms with Crippen molar-refractivity contribution in [2.75, 3.05) is 5.32 Å². The third kappa shape index (κ3) is 1.82. The standard InChI is InChI=1S/C11H10BrNO3/c1-5(14)8-3-7(12)4-9-10(8)16-6(2)11(15)13-9/h3-4,6H,1-2H3,(H,13,15). The summed E-state index contributed by atoms with van der Waals surface area (Å²) in [6, 6.07) is 3.40. The van der Waals surface area contributed by atoms with Gasteiger partial charge in [0.1, 0.15) is 0 Å². The number of benzene rings is 1. The second kappa shape index (κ2) is 3.90. The summed E-state index contributed by atoms with van der Waals surface area (Å²) >= 11 is 3.29. The fourth-order valence-electron chi connectivity index (χ4n) is 1.54. The van der Waals surface area contributed by atoms with Crippen molar-refractivity contribution < 1.29 is 14.3 Å². The highest BCUT2D eigenvalue weighted by Crippen LogP contribution is 2.36. The number of ketones is 1. The molecule has 1 aliphatic rings. The topological polar surface area (TPSA) is 55.4 Å². The lowest BCUT2D eigenvalue weighted by atomic mass is 10.1. The first-order valence-corrected chi connectivity index (χ1v) is 5.60. The van der Waals surface area contributed by atoms with E-state index in [1.807, 2.05) is 0 Å². The molecule has 1 heterocycles. The van der Waals surface area contributed by atoms with Crippen molar-refractivity contribution >= 4 is 33.3 Å². The molecular weight excluding hydrogens is 274 g/mol. The minimum absolute atomic E-state index is 0.0964. The molecule has 1 atom stereocenters. The molecule has 1 unspecified atom stereocenters. The zero-order valence-electron chi connectivity index (χ0n) is 8.83. The minimum atomic E-state index is -0.577. The van der Waals surface area contributed by atoms with Crippen molar-refractivity contribution in [2.24, 2.45) is 0 Å². The molecule has 1 aromatic carbocycles. The van der Waals surface area contributed by atoms with Gasteiger partial charge in [0.2, 0.25) is 0 Å². The van der Waals surface area contributed by atoms with Crippen molar-refractivity contribution in [3.63, 3.8) is 0 Å². The highest BCUT2D eigenvalue weighted by Gasteiger charge is 2.27. The summed E-state index contributed by atoms with van der Waals surface area (Å²) in [6.07, 6.45) is -0.577. The number of hydrogen-bond donors (Lipinski definition) is 1. The maximum absolute atomic E-state index is 11.4. The Labute approximate surface area is 101 Å². The molecule has 0 spiro atoms. The van der Waals surface area contributed by atoms with E-state index in [2.05, 4.69) is 21.2 Å². The first kappa shape index (κ1) is 11.1.